The lowest BCUT2D eigenvalue weighted by atomic mass is 10.1. The van der Waals surface area contributed by atoms with Gasteiger partial charge in [0, 0.05) is 17.7 Å². The highest BCUT2D eigenvalue weighted by atomic mass is 16.5. The van der Waals surface area contributed by atoms with Crippen LogP contribution in [-0.4, -0.2) is 29.9 Å². The van der Waals surface area contributed by atoms with Gasteiger partial charge in [0.2, 0.25) is 5.91 Å². The number of benzene rings is 1. The summed E-state index contributed by atoms with van der Waals surface area (Å²) >= 11 is 0. The third-order valence-electron chi connectivity index (χ3n) is 2.58. The molecular weight excluding hydrogens is 296 g/mol. The van der Waals surface area contributed by atoms with Crippen molar-refractivity contribution < 1.29 is 19.1 Å². The van der Waals surface area contributed by atoms with Crippen LogP contribution in [0.2, 0.25) is 0 Å². The van der Waals surface area contributed by atoms with Crippen LogP contribution in [-0.2, 0) is 14.3 Å². The Morgan fingerprint density at radius 3 is 2.39 bits per heavy atom. The van der Waals surface area contributed by atoms with Crippen molar-refractivity contribution in [3.63, 3.8) is 0 Å². The molecule has 2 amide bonds. The van der Waals surface area contributed by atoms with E-state index in [9.17, 15) is 14.4 Å². The van der Waals surface area contributed by atoms with E-state index >= 15 is 0 Å². The van der Waals surface area contributed by atoms with Crippen LogP contribution in [0.25, 0.3) is 0 Å². The molecule has 0 unspecified atom stereocenters. The maximum absolute atomic E-state index is 12.3. The van der Waals surface area contributed by atoms with Gasteiger partial charge in [0.15, 0.2) is 0 Å². The van der Waals surface area contributed by atoms with Gasteiger partial charge in [-0.05, 0) is 39.8 Å². The Morgan fingerprint density at radius 2 is 1.78 bits per heavy atom. The molecule has 0 spiro atoms. The molecule has 1 rings (SSSR count). The van der Waals surface area contributed by atoms with E-state index in [1.165, 1.54) is 0 Å². The predicted octanol–water partition coefficient (Wildman–Crippen LogP) is 2.27. The third kappa shape index (κ3) is 6.78. The highest BCUT2D eigenvalue weighted by molar-refractivity contribution is 6.07. The van der Waals surface area contributed by atoms with Crippen molar-refractivity contribution in [1.29, 1.82) is 0 Å². The zero-order valence-electron chi connectivity index (χ0n) is 13.8. The topological polar surface area (TPSA) is 84.5 Å². The average Bonchev–Trinajstić information content (AvgIpc) is 2.44. The first-order valence-electron chi connectivity index (χ1n) is 7.30. The molecule has 0 aliphatic heterocycles. The smallest absolute Gasteiger partial charge is 0.330 e. The number of esters is 1. The number of carbonyl (C=O) groups is 3. The van der Waals surface area contributed by atoms with E-state index < -0.39 is 17.4 Å². The minimum absolute atomic E-state index is 0.237. The maximum Gasteiger partial charge on any atom is 0.330 e. The monoisotopic (exact) mass is 318 g/mol. The molecule has 1 aromatic rings. The summed E-state index contributed by atoms with van der Waals surface area (Å²) in [5, 5.41) is 5.41. The Balaban J connectivity index is 2.83. The average molecular weight is 318 g/mol. The van der Waals surface area contributed by atoms with Crippen molar-refractivity contribution in [3.8, 4) is 0 Å². The second-order valence-electron chi connectivity index (χ2n) is 5.82. The van der Waals surface area contributed by atoms with Crippen molar-refractivity contribution in [2.45, 2.75) is 33.2 Å². The Kier molecular flexibility index (Phi) is 6.50. The zero-order chi connectivity index (χ0) is 17.5. The summed E-state index contributed by atoms with van der Waals surface area (Å²) in [5.74, 6) is -1.40. The molecule has 0 bridgehead atoms. The van der Waals surface area contributed by atoms with Gasteiger partial charge in [0.1, 0.15) is 0 Å². The number of para-hydroxylation sites is 1. The molecule has 0 saturated heterocycles. The molecule has 0 aromatic heterocycles. The molecule has 0 radical (unpaired) electrons. The number of hydrogen-bond donors (Lipinski definition) is 2. The second kappa shape index (κ2) is 8.12. The van der Waals surface area contributed by atoms with Crippen LogP contribution < -0.4 is 10.6 Å². The van der Waals surface area contributed by atoms with Gasteiger partial charge >= 0.3 is 5.97 Å². The molecule has 124 valence electrons. The summed E-state index contributed by atoms with van der Waals surface area (Å²) in [4.78, 5) is 35.3. The van der Waals surface area contributed by atoms with Crippen molar-refractivity contribution in [2.24, 2.45) is 0 Å². The van der Waals surface area contributed by atoms with Crippen molar-refractivity contribution in [2.75, 3.05) is 11.9 Å². The Bertz CT molecular complexity index is 615. The normalized spacial score (nSPS) is 11.1. The summed E-state index contributed by atoms with van der Waals surface area (Å²) < 4.78 is 4.69. The van der Waals surface area contributed by atoms with E-state index in [4.69, 9.17) is 0 Å². The van der Waals surface area contributed by atoms with Gasteiger partial charge in [-0.1, -0.05) is 12.1 Å². The van der Waals surface area contributed by atoms with Gasteiger partial charge in [0.25, 0.3) is 5.91 Å². The minimum atomic E-state index is -0.596. The number of amides is 2. The fourth-order valence-electron chi connectivity index (χ4n) is 1.71. The fourth-order valence-corrected chi connectivity index (χ4v) is 1.71. The Hall–Kier alpha value is -2.63. The van der Waals surface area contributed by atoms with Gasteiger partial charge in [-0.2, -0.15) is 0 Å². The molecule has 0 saturated carbocycles. The fraction of sp³-hybridized carbons (Fsp3) is 0.353. The number of hydrogen-bond acceptors (Lipinski definition) is 4. The van der Waals surface area contributed by atoms with Crippen molar-refractivity contribution in [1.82, 2.24) is 5.32 Å². The minimum Gasteiger partial charge on any atom is -0.463 e. The summed E-state index contributed by atoms with van der Waals surface area (Å²) in [6.07, 6.45) is 2.10. The lowest BCUT2D eigenvalue weighted by Crippen LogP contribution is -2.40. The summed E-state index contributed by atoms with van der Waals surface area (Å²) in [5.41, 5.74) is 0.325. The van der Waals surface area contributed by atoms with Crippen LogP contribution in [0.3, 0.4) is 0 Å². The third-order valence-corrected chi connectivity index (χ3v) is 2.58. The predicted molar refractivity (Wildman–Crippen MR) is 88.1 cm³/mol. The Morgan fingerprint density at radius 1 is 1.13 bits per heavy atom. The van der Waals surface area contributed by atoms with Crippen LogP contribution in [0.5, 0.6) is 0 Å². The van der Waals surface area contributed by atoms with Crippen molar-refractivity contribution >= 4 is 23.5 Å². The molecule has 2 N–H and O–H groups in total. The molecular formula is C17H22N2O4. The molecule has 0 aliphatic rings. The van der Waals surface area contributed by atoms with E-state index in [1.54, 1.807) is 31.2 Å². The van der Waals surface area contributed by atoms with Gasteiger partial charge in [-0.25, -0.2) is 4.79 Å². The van der Waals surface area contributed by atoms with Crippen LogP contribution in [0, 0.1) is 0 Å². The van der Waals surface area contributed by atoms with Crippen molar-refractivity contribution in [3.05, 3.63) is 42.0 Å². The summed E-state index contributed by atoms with van der Waals surface area (Å²) in [6, 6.07) is 6.65. The first-order valence-corrected chi connectivity index (χ1v) is 7.30. The molecule has 6 heteroatoms. The molecule has 0 heterocycles. The standard InChI is InChI=1S/C17H22N2O4/c1-5-23-15(21)11-10-14(20)18-13-9-7-6-8-12(13)16(22)19-17(2,3)4/h6-11H,5H2,1-4H3,(H,18,20)(H,19,22)/b11-10+. The largest absolute Gasteiger partial charge is 0.463 e. The lowest BCUT2D eigenvalue weighted by Gasteiger charge is -2.21. The highest BCUT2D eigenvalue weighted by Gasteiger charge is 2.18. The first kappa shape index (κ1) is 18.4. The number of carbonyl (C=O) groups excluding carboxylic acids is 3. The second-order valence-corrected chi connectivity index (χ2v) is 5.82. The molecule has 1 aromatic carbocycles. The van der Waals surface area contributed by atoms with Gasteiger partial charge in [0.05, 0.1) is 17.9 Å². The lowest BCUT2D eigenvalue weighted by molar-refractivity contribution is -0.137. The molecule has 23 heavy (non-hydrogen) atoms. The molecule has 0 fully saturated rings. The number of anilines is 1. The molecule has 0 atom stereocenters. The van der Waals surface area contributed by atoms with E-state index in [0.29, 0.717) is 11.3 Å². The van der Waals surface area contributed by atoms with Gasteiger partial charge in [-0.15, -0.1) is 0 Å². The highest BCUT2D eigenvalue weighted by Crippen LogP contribution is 2.16. The van der Waals surface area contributed by atoms with Crippen LogP contribution in [0.4, 0.5) is 5.69 Å². The molecule has 0 aliphatic carbocycles. The number of rotatable bonds is 5. The van der Waals surface area contributed by atoms with E-state index in [-0.39, 0.29) is 12.5 Å². The SMILES string of the molecule is CCOC(=O)/C=C/C(=O)Nc1ccccc1C(=O)NC(C)(C)C. The van der Waals surface area contributed by atoms with Gasteiger partial charge in [-0.3, -0.25) is 9.59 Å². The Labute approximate surface area is 135 Å². The summed E-state index contributed by atoms with van der Waals surface area (Å²) in [6.45, 7) is 7.52. The number of ether oxygens (including phenoxy) is 1. The maximum atomic E-state index is 12.3. The van der Waals surface area contributed by atoms with Crippen LogP contribution in [0.15, 0.2) is 36.4 Å². The quantitative estimate of drug-likeness (QED) is 0.644. The van der Waals surface area contributed by atoms with Gasteiger partial charge < -0.3 is 15.4 Å². The summed E-state index contributed by atoms with van der Waals surface area (Å²) in [7, 11) is 0. The zero-order valence-corrected chi connectivity index (χ0v) is 13.8. The molecule has 6 nitrogen and oxygen atoms in total. The van der Waals surface area contributed by atoms with Crippen LogP contribution in [0.1, 0.15) is 38.1 Å². The van der Waals surface area contributed by atoms with E-state index in [2.05, 4.69) is 15.4 Å². The first-order chi connectivity index (χ1) is 10.7. The van der Waals surface area contributed by atoms with E-state index in [1.807, 2.05) is 20.8 Å². The number of nitrogens with one attached hydrogen (secondary N) is 2. The van der Waals surface area contributed by atoms with E-state index in [0.717, 1.165) is 12.2 Å². The van der Waals surface area contributed by atoms with Crippen LogP contribution >= 0.6 is 0 Å².